The van der Waals surface area contributed by atoms with Gasteiger partial charge in [-0.25, -0.2) is 0 Å². The van der Waals surface area contributed by atoms with Crippen LogP contribution >= 0.6 is 0 Å². The van der Waals surface area contributed by atoms with E-state index < -0.39 is 0 Å². The topological polar surface area (TPSA) is 27.7 Å². The monoisotopic (exact) mass is 326 g/mol. The number of methoxy groups -OCH3 is 1. The first-order chi connectivity index (χ1) is 11.7. The Morgan fingerprint density at radius 3 is 2.12 bits per heavy atom. The molecular weight excluding hydrogens is 300 g/mol. The SMILES string of the molecule is CC=CC(OCc1ccccc1)C(C)OCc1ccc(OC)cc1. The molecule has 0 spiro atoms. The molecule has 0 aliphatic rings. The van der Waals surface area contributed by atoms with Crippen LogP contribution in [0.1, 0.15) is 25.0 Å². The van der Waals surface area contributed by atoms with Gasteiger partial charge in [0.1, 0.15) is 11.9 Å². The molecular formula is C21H26O3. The standard InChI is InChI=1S/C21H26O3/c1-4-8-21(24-16-18-9-6-5-7-10-18)17(2)23-15-19-11-13-20(22-3)14-12-19/h4-14,17,21H,15-16H2,1-3H3. The van der Waals surface area contributed by atoms with E-state index in [1.54, 1.807) is 7.11 Å². The first kappa shape index (κ1) is 18.2. The summed E-state index contributed by atoms with van der Waals surface area (Å²) in [6.45, 7) is 5.16. The molecule has 24 heavy (non-hydrogen) atoms. The van der Waals surface area contributed by atoms with Crippen LogP contribution in [-0.2, 0) is 22.7 Å². The van der Waals surface area contributed by atoms with Crippen molar-refractivity contribution in [3.8, 4) is 5.75 Å². The highest BCUT2D eigenvalue weighted by Crippen LogP contribution is 2.15. The largest absolute Gasteiger partial charge is 0.497 e. The molecule has 0 N–H and O–H groups in total. The Morgan fingerprint density at radius 1 is 0.875 bits per heavy atom. The summed E-state index contributed by atoms with van der Waals surface area (Å²) in [4.78, 5) is 0. The van der Waals surface area contributed by atoms with Crippen LogP contribution in [0, 0.1) is 0 Å². The van der Waals surface area contributed by atoms with Crippen LogP contribution in [0.4, 0.5) is 0 Å². The molecule has 3 heteroatoms. The van der Waals surface area contributed by atoms with Crippen molar-refractivity contribution in [1.29, 1.82) is 0 Å². The van der Waals surface area contributed by atoms with Crippen molar-refractivity contribution < 1.29 is 14.2 Å². The molecule has 0 aliphatic heterocycles. The highest BCUT2D eigenvalue weighted by molar-refractivity contribution is 5.26. The van der Waals surface area contributed by atoms with Crippen LogP contribution < -0.4 is 4.74 Å². The van der Waals surface area contributed by atoms with Crippen molar-refractivity contribution >= 4 is 0 Å². The Balaban J connectivity index is 1.86. The minimum absolute atomic E-state index is 0.0352. The molecule has 0 saturated carbocycles. The Kier molecular flexibility index (Phi) is 7.53. The van der Waals surface area contributed by atoms with Crippen LogP contribution in [0.3, 0.4) is 0 Å². The number of ether oxygens (including phenoxy) is 3. The Bertz CT molecular complexity index is 605. The second kappa shape index (κ2) is 9.91. The molecule has 0 radical (unpaired) electrons. The third-order valence-electron chi connectivity index (χ3n) is 3.80. The molecule has 128 valence electrons. The van der Waals surface area contributed by atoms with Crippen molar-refractivity contribution in [2.75, 3.05) is 7.11 Å². The van der Waals surface area contributed by atoms with E-state index in [1.165, 1.54) is 0 Å². The average Bonchev–Trinajstić information content (AvgIpc) is 2.64. The summed E-state index contributed by atoms with van der Waals surface area (Å²) in [6.07, 6.45) is 3.94. The van der Waals surface area contributed by atoms with E-state index >= 15 is 0 Å². The lowest BCUT2D eigenvalue weighted by atomic mass is 10.2. The second-order valence-corrected chi connectivity index (χ2v) is 5.65. The van der Waals surface area contributed by atoms with Gasteiger partial charge < -0.3 is 14.2 Å². The first-order valence-electron chi connectivity index (χ1n) is 8.25. The molecule has 0 bridgehead atoms. The van der Waals surface area contributed by atoms with Crippen LogP contribution in [0.2, 0.25) is 0 Å². The van der Waals surface area contributed by atoms with Gasteiger partial charge in [0.25, 0.3) is 0 Å². The van der Waals surface area contributed by atoms with Crippen molar-refractivity contribution in [1.82, 2.24) is 0 Å². The highest BCUT2D eigenvalue weighted by atomic mass is 16.5. The molecule has 2 aromatic carbocycles. The molecule has 2 unspecified atom stereocenters. The van der Waals surface area contributed by atoms with Gasteiger partial charge in [-0.1, -0.05) is 54.6 Å². The summed E-state index contributed by atoms with van der Waals surface area (Å²) < 4.78 is 17.2. The van der Waals surface area contributed by atoms with Gasteiger partial charge in [0.2, 0.25) is 0 Å². The summed E-state index contributed by atoms with van der Waals surface area (Å²) in [5, 5.41) is 0. The smallest absolute Gasteiger partial charge is 0.118 e. The zero-order chi connectivity index (χ0) is 17.2. The number of benzene rings is 2. The van der Waals surface area contributed by atoms with Gasteiger partial charge in [0, 0.05) is 0 Å². The third kappa shape index (κ3) is 5.84. The van der Waals surface area contributed by atoms with Gasteiger partial charge in [-0.2, -0.15) is 0 Å². The van der Waals surface area contributed by atoms with Gasteiger partial charge in [0.05, 0.1) is 26.4 Å². The number of hydrogen-bond donors (Lipinski definition) is 0. The van der Waals surface area contributed by atoms with Crippen LogP contribution in [-0.4, -0.2) is 19.3 Å². The van der Waals surface area contributed by atoms with Crippen LogP contribution in [0.5, 0.6) is 5.75 Å². The summed E-state index contributed by atoms with van der Waals surface area (Å²) in [7, 11) is 1.67. The number of hydrogen-bond acceptors (Lipinski definition) is 3. The molecule has 0 aliphatic carbocycles. The Hall–Kier alpha value is -2.10. The van der Waals surface area contributed by atoms with Gasteiger partial charge in [-0.15, -0.1) is 0 Å². The van der Waals surface area contributed by atoms with Gasteiger partial charge >= 0.3 is 0 Å². The maximum Gasteiger partial charge on any atom is 0.118 e. The third-order valence-corrected chi connectivity index (χ3v) is 3.80. The molecule has 0 saturated heterocycles. The molecule has 0 fully saturated rings. The second-order valence-electron chi connectivity index (χ2n) is 5.65. The molecule has 2 atom stereocenters. The number of allylic oxidation sites excluding steroid dienone is 1. The van der Waals surface area contributed by atoms with Crippen molar-refractivity contribution in [3.63, 3.8) is 0 Å². The van der Waals surface area contributed by atoms with Gasteiger partial charge in [-0.05, 0) is 37.1 Å². The predicted molar refractivity (Wildman–Crippen MR) is 97.1 cm³/mol. The maximum atomic E-state index is 6.02. The van der Waals surface area contributed by atoms with Crippen molar-refractivity contribution in [2.45, 2.75) is 39.3 Å². The van der Waals surface area contributed by atoms with E-state index in [2.05, 4.69) is 12.1 Å². The Labute approximate surface area is 144 Å². The normalized spacial score (nSPS) is 13.8. The fourth-order valence-electron chi connectivity index (χ4n) is 2.35. The zero-order valence-corrected chi connectivity index (χ0v) is 14.6. The van der Waals surface area contributed by atoms with E-state index in [-0.39, 0.29) is 12.2 Å². The molecule has 0 amide bonds. The summed E-state index contributed by atoms with van der Waals surface area (Å²) in [5.41, 5.74) is 2.28. The highest BCUT2D eigenvalue weighted by Gasteiger charge is 2.16. The molecule has 2 rings (SSSR count). The summed E-state index contributed by atoms with van der Waals surface area (Å²) in [5.74, 6) is 0.852. The molecule has 2 aromatic rings. The lowest BCUT2D eigenvalue weighted by Gasteiger charge is -2.22. The Morgan fingerprint density at radius 2 is 1.50 bits per heavy atom. The van der Waals surface area contributed by atoms with E-state index in [9.17, 15) is 0 Å². The fraction of sp³-hybridized carbons (Fsp3) is 0.333. The quantitative estimate of drug-likeness (QED) is 0.622. The van der Waals surface area contributed by atoms with Crippen LogP contribution in [0.15, 0.2) is 66.7 Å². The van der Waals surface area contributed by atoms with E-state index in [0.717, 1.165) is 16.9 Å². The molecule has 3 nitrogen and oxygen atoms in total. The summed E-state index contributed by atoms with van der Waals surface area (Å²) >= 11 is 0. The minimum atomic E-state index is -0.0755. The van der Waals surface area contributed by atoms with E-state index in [1.807, 2.05) is 68.5 Å². The molecule has 0 aromatic heterocycles. The van der Waals surface area contributed by atoms with E-state index in [4.69, 9.17) is 14.2 Å². The van der Waals surface area contributed by atoms with Gasteiger partial charge in [0.15, 0.2) is 0 Å². The fourth-order valence-corrected chi connectivity index (χ4v) is 2.35. The number of rotatable bonds is 9. The van der Waals surface area contributed by atoms with Crippen molar-refractivity contribution in [2.24, 2.45) is 0 Å². The van der Waals surface area contributed by atoms with Gasteiger partial charge in [-0.3, -0.25) is 0 Å². The summed E-state index contributed by atoms with van der Waals surface area (Å²) in [6, 6.07) is 18.1. The zero-order valence-electron chi connectivity index (χ0n) is 14.6. The maximum absolute atomic E-state index is 6.02. The predicted octanol–water partition coefficient (Wildman–Crippen LogP) is 4.76. The van der Waals surface area contributed by atoms with E-state index in [0.29, 0.717) is 13.2 Å². The lowest BCUT2D eigenvalue weighted by molar-refractivity contribution is -0.0556. The molecule has 0 heterocycles. The van der Waals surface area contributed by atoms with Crippen LogP contribution in [0.25, 0.3) is 0 Å². The average molecular weight is 326 g/mol. The first-order valence-corrected chi connectivity index (χ1v) is 8.25. The lowest BCUT2D eigenvalue weighted by Crippen LogP contribution is -2.27. The van der Waals surface area contributed by atoms with Crippen molar-refractivity contribution in [3.05, 3.63) is 77.9 Å². The minimum Gasteiger partial charge on any atom is -0.497 e.